The highest BCUT2D eigenvalue weighted by molar-refractivity contribution is 5.97. The summed E-state index contributed by atoms with van der Waals surface area (Å²) in [4.78, 5) is 22.1. The molecule has 1 unspecified atom stereocenters. The number of anilines is 1. The van der Waals surface area contributed by atoms with Crippen molar-refractivity contribution in [2.24, 2.45) is 0 Å². The summed E-state index contributed by atoms with van der Waals surface area (Å²) >= 11 is 0. The number of nitro benzene ring substituents is 1. The number of nitrogens with zero attached hydrogens (tertiary/aromatic N) is 2. The van der Waals surface area contributed by atoms with Gasteiger partial charge < -0.3 is 10.6 Å². The van der Waals surface area contributed by atoms with Crippen LogP contribution < -0.4 is 10.6 Å². The number of benzene rings is 1. The fourth-order valence-electron chi connectivity index (χ4n) is 1.46. The molecule has 0 spiro atoms. The highest BCUT2D eigenvalue weighted by Gasteiger charge is 2.14. The van der Waals surface area contributed by atoms with Gasteiger partial charge in [0.15, 0.2) is 0 Å². The van der Waals surface area contributed by atoms with Crippen molar-refractivity contribution in [1.29, 1.82) is 5.26 Å². The number of carbonyl (C=O) groups excluding carboxylic acids is 1. The van der Waals surface area contributed by atoms with Crippen molar-refractivity contribution in [3.8, 4) is 6.07 Å². The first-order chi connectivity index (χ1) is 9.99. The van der Waals surface area contributed by atoms with Gasteiger partial charge in [0.25, 0.3) is 11.6 Å². The molecule has 110 valence electrons. The van der Waals surface area contributed by atoms with Crippen molar-refractivity contribution < 1.29 is 9.72 Å². The standard InChI is InChI=1S/C14H16N4O3/c1-3-10(2)17-14(19)11(8-15)9-16-12-6-4-5-7-13(12)18(20)21/h4-7,9-10,16H,3H2,1-2H3,(H,17,19)/b11-9-. The zero-order valence-electron chi connectivity index (χ0n) is 11.8. The van der Waals surface area contributed by atoms with Crippen LogP contribution in [0.5, 0.6) is 0 Å². The number of carbonyl (C=O) groups is 1. The van der Waals surface area contributed by atoms with Gasteiger partial charge in [0.2, 0.25) is 0 Å². The Morgan fingerprint density at radius 3 is 2.76 bits per heavy atom. The summed E-state index contributed by atoms with van der Waals surface area (Å²) in [5.74, 6) is -0.516. The van der Waals surface area contributed by atoms with Crippen molar-refractivity contribution in [3.05, 3.63) is 46.2 Å². The summed E-state index contributed by atoms with van der Waals surface area (Å²) in [6, 6.07) is 7.70. The Morgan fingerprint density at radius 1 is 1.52 bits per heavy atom. The van der Waals surface area contributed by atoms with Gasteiger partial charge in [0, 0.05) is 18.3 Å². The minimum atomic E-state index is -0.540. The van der Waals surface area contributed by atoms with Crippen LogP contribution in [0, 0.1) is 21.4 Å². The Hall–Kier alpha value is -2.88. The second-order valence-corrected chi connectivity index (χ2v) is 4.37. The van der Waals surface area contributed by atoms with Crippen molar-refractivity contribution >= 4 is 17.3 Å². The lowest BCUT2D eigenvalue weighted by Gasteiger charge is -2.10. The number of para-hydroxylation sites is 2. The molecule has 1 aromatic rings. The Kier molecular flexibility index (Phi) is 5.89. The van der Waals surface area contributed by atoms with Crippen molar-refractivity contribution in [2.75, 3.05) is 5.32 Å². The van der Waals surface area contributed by atoms with E-state index in [1.54, 1.807) is 12.1 Å². The third-order valence-corrected chi connectivity index (χ3v) is 2.83. The highest BCUT2D eigenvalue weighted by atomic mass is 16.6. The number of nitrogens with one attached hydrogen (secondary N) is 2. The van der Waals surface area contributed by atoms with E-state index >= 15 is 0 Å². The molecule has 0 aliphatic heterocycles. The summed E-state index contributed by atoms with van der Waals surface area (Å²) in [6.07, 6.45) is 1.90. The van der Waals surface area contributed by atoms with Crippen LogP contribution in [-0.2, 0) is 4.79 Å². The molecule has 0 bridgehead atoms. The minimum Gasteiger partial charge on any atom is -0.355 e. The molecule has 0 heterocycles. The molecule has 1 atom stereocenters. The predicted octanol–water partition coefficient (Wildman–Crippen LogP) is 2.33. The largest absolute Gasteiger partial charge is 0.355 e. The Labute approximate surface area is 122 Å². The van der Waals surface area contributed by atoms with E-state index < -0.39 is 10.8 Å². The number of nitro groups is 1. The lowest BCUT2D eigenvalue weighted by Crippen LogP contribution is -2.33. The van der Waals surface area contributed by atoms with E-state index in [9.17, 15) is 14.9 Å². The molecule has 1 aromatic carbocycles. The normalized spacial score (nSPS) is 12.1. The molecule has 0 saturated carbocycles. The first-order valence-electron chi connectivity index (χ1n) is 6.40. The van der Waals surface area contributed by atoms with E-state index in [2.05, 4.69) is 10.6 Å². The summed E-state index contributed by atoms with van der Waals surface area (Å²) in [6.45, 7) is 3.73. The van der Waals surface area contributed by atoms with Gasteiger partial charge in [-0.25, -0.2) is 0 Å². The molecular weight excluding hydrogens is 272 g/mol. The van der Waals surface area contributed by atoms with Gasteiger partial charge in [-0.2, -0.15) is 5.26 Å². The lowest BCUT2D eigenvalue weighted by molar-refractivity contribution is -0.383. The Balaban J connectivity index is 2.89. The average molecular weight is 288 g/mol. The first kappa shape index (κ1) is 16.2. The van der Waals surface area contributed by atoms with Gasteiger partial charge in [-0.3, -0.25) is 14.9 Å². The maximum Gasteiger partial charge on any atom is 0.292 e. The summed E-state index contributed by atoms with van der Waals surface area (Å²) < 4.78 is 0. The zero-order chi connectivity index (χ0) is 15.8. The monoisotopic (exact) mass is 288 g/mol. The van der Waals surface area contributed by atoms with Gasteiger partial charge in [-0.05, 0) is 19.4 Å². The van der Waals surface area contributed by atoms with Gasteiger partial charge in [-0.15, -0.1) is 0 Å². The van der Waals surface area contributed by atoms with Crippen LogP contribution >= 0.6 is 0 Å². The molecular formula is C14H16N4O3. The average Bonchev–Trinajstić information content (AvgIpc) is 2.47. The molecule has 7 heteroatoms. The smallest absolute Gasteiger partial charge is 0.292 e. The second-order valence-electron chi connectivity index (χ2n) is 4.37. The van der Waals surface area contributed by atoms with E-state index in [1.807, 2.05) is 13.8 Å². The SMILES string of the molecule is CCC(C)NC(=O)/C(C#N)=C\Nc1ccccc1[N+](=O)[O-]. The van der Waals surface area contributed by atoms with Crippen LogP contribution in [0.1, 0.15) is 20.3 Å². The first-order valence-corrected chi connectivity index (χ1v) is 6.40. The molecule has 0 fully saturated rings. The van der Waals surface area contributed by atoms with Gasteiger partial charge in [0.05, 0.1) is 4.92 Å². The molecule has 0 aliphatic carbocycles. The Morgan fingerprint density at radius 2 is 2.19 bits per heavy atom. The van der Waals surface area contributed by atoms with Gasteiger partial charge in [-0.1, -0.05) is 19.1 Å². The van der Waals surface area contributed by atoms with Gasteiger partial charge >= 0.3 is 0 Å². The molecule has 2 N–H and O–H groups in total. The Bertz CT molecular complexity index is 604. The van der Waals surface area contributed by atoms with E-state index in [-0.39, 0.29) is 23.0 Å². The maximum atomic E-state index is 11.8. The van der Waals surface area contributed by atoms with E-state index in [4.69, 9.17) is 5.26 Å². The van der Waals surface area contributed by atoms with Crippen molar-refractivity contribution in [3.63, 3.8) is 0 Å². The minimum absolute atomic E-state index is 0.0553. The molecule has 0 aliphatic rings. The topological polar surface area (TPSA) is 108 Å². The number of nitriles is 1. The third-order valence-electron chi connectivity index (χ3n) is 2.83. The van der Waals surface area contributed by atoms with Gasteiger partial charge in [0.1, 0.15) is 17.3 Å². The third kappa shape index (κ3) is 4.62. The molecule has 0 radical (unpaired) electrons. The van der Waals surface area contributed by atoms with E-state index in [1.165, 1.54) is 24.4 Å². The molecule has 1 amide bonds. The van der Waals surface area contributed by atoms with Crippen molar-refractivity contribution in [1.82, 2.24) is 5.32 Å². The van der Waals surface area contributed by atoms with Crippen LogP contribution in [0.15, 0.2) is 36.0 Å². The fraction of sp³-hybridized carbons (Fsp3) is 0.286. The number of rotatable bonds is 6. The quantitative estimate of drug-likeness (QED) is 0.361. The number of amides is 1. The molecule has 0 saturated heterocycles. The predicted molar refractivity (Wildman–Crippen MR) is 78.3 cm³/mol. The summed E-state index contributed by atoms with van der Waals surface area (Å²) in [5, 5.41) is 25.1. The highest BCUT2D eigenvalue weighted by Crippen LogP contribution is 2.23. The van der Waals surface area contributed by atoms with E-state index in [0.29, 0.717) is 0 Å². The van der Waals surface area contributed by atoms with Crippen LogP contribution in [-0.4, -0.2) is 16.9 Å². The van der Waals surface area contributed by atoms with Crippen LogP contribution in [0.4, 0.5) is 11.4 Å². The second kappa shape index (κ2) is 7.65. The van der Waals surface area contributed by atoms with Crippen LogP contribution in [0.2, 0.25) is 0 Å². The molecule has 21 heavy (non-hydrogen) atoms. The molecule has 0 aromatic heterocycles. The maximum absolute atomic E-state index is 11.8. The molecule has 7 nitrogen and oxygen atoms in total. The van der Waals surface area contributed by atoms with Crippen LogP contribution in [0.25, 0.3) is 0 Å². The number of hydrogen-bond acceptors (Lipinski definition) is 5. The van der Waals surface area contributed by atoms with E-state index in [0.717, 1.165) is 6.42 Å². The fourth-order valence-corrected chi connectivity index (χ4v) is 1.46. The van der Waals surface area contributed by atoms with Crippen LogP contribution in [0.3, 0.4) is 0 Å². The number of hydrogen-bond donors (Lipinski definition) is 2. The van der Waals surface area contributed by atoms with Crippen molar-refractivity contribution in [2.45, 2.75) is 26.3 Å². The lowest BCUT2D eigenvalue weighted by atomic mass is 10.2. The summed E-state index contributed by atoms with van der Waals surface area (Å²) in [7, 11) is 0. The summed E-state index contributed by atoms with van der Waals surface area (Å²) in [5.41, 5.74) is -0.0617. The molecule has 1 rings (SSSR count). The zero-order valence-corrected chi connectivity index (χ0v) is 11.8.